The van der Waals surface area contributed by atoms with Crippen molar-refractivity contribution in [2.45, 2.75) is 0 Å². The average Bonchev–Trinajstić information content (AvgIpc) is 4.05. The summed E-state index contributed by atoms with van der Waals surface area (Å²) in [6.07, 6.45) is 0. The maximum Gasteiger partial charge on any atom is 0.238 e. The Hall–Kier alpha value is -10.2. The highest BCUT2D eigenvalue weighted by atomic mass is 15.2. The van der Waals surface area contributed by atoms with Crippen molar-refractivity contribution in [3.05, 3.63) is 279 Å². The fourth-order valence-electron chi connectivity index (χ4n) is 10.8. The summed E-state index contributed by atoms with van der Waals surface area (Å²) in [5.41, 5.74) is 17.4. The summed E-state index contributed by atoms with van der Waals surface area (Å²) in [4.78, 5) is 17.8. The minimum absolute atomic E-state index is 0.562. The van der Waals surface area contributed by atoms with Crippen LogP contribution in [0.3, 0.4) is 0 Å². The Morgan fingerprint density at radius 2 is 0.547 bits per heavy atom. The smallest absolute Gasteiger partial charge is 0.238 e. The van der Waals surface area contributed by atoms with E-state index >= 15 is 0 Å². The molecule has 11 aromatic carbocycles. The number of hydrogen-bond acceptors (Lipinski definition) is 4. The SMILES string of the molecule is c1ccc(-c2ccc3c(c2)c2cc(-c4ccc5c(c4)c4cc(-c6ccccc6)ccc4n5-c4nc(-c5ccccc5)nc(-c5ccccc5)n4)ccc2n3-c2ccc(N(c3ccccc3)c3ccccc3)cc2)cc1. The van der Waals surface area contributed by atoms with Crippen LogP contribution in [0.2, 0.25) is 0 Å². The van der Waals surface area contributed by atoms with E-state index in [1.54, 1.807) is 0 Å². The van der Waals surface area contributed by atoms with Gasteiger partial charge in [0.15, 0.2) is 11.6 Å². The molecule has 14 aromatic rings. The molecular weight excluding hydrogens is 913 g/mol. The quantitative estimate of drug-likeness (QED) is 0.137. The molecule has 14 rings (SSSR count). The van der Waals surface area contributed by atoms with Crippen LogP contribution in [0.5, 0.6) is 0 Å². The molecule has 0 saturated carbocycles. The zero-order valence-electron chi connectivity index (χ0n) is 40.7. The van der Waals surface area contributed by atoms with E-state index in [2.05, 4.69) is 257 Å². The molecule has 3 heterocycles. The lowest BCUT2D eigenvalue weighted by molar-refractivity contribution is 0.953. The van der Waals surface area contributed by atoms with E-state index in [0.29, 0.717) is 17.6 Å². The van der Waals surface area contributed by atoms with E-state index in [4.69, 9.17) is 15.0 Å². The molecule has 0 aliphatic carbocycles. The minimum Gasteiger partial charge on any atom is -0.311 e. The maximum absolute atomic E-state index is 5.23. The van der Waals surface area contributed by atoms with Crippen LogP contribution >= 0.6 is 0 Å². The molecule has 0 atom stereocenters. The fourth-order valence-corrected chi connectivity index (χ4v) is 10.8. The van der Waals surface area contributed by atoms with Crippen molar-refractivity contribution in [2.75, 3.05) is 4.90 Å². The second kappa shape index (κ2) is 18.5. The Morgan fingerprint density at radius 3 is 0.920 bits per heavy atom. The predicted molar refractivity (Wildman–Crippen MR) is 310 cm³/mol. The van der Waals surface area contributed by atoms with Crippen molar-refractivity contribution in [3.63, 3.8) is 0 Å². The molecule has 6 heteroatoms. The Bertz CT molecular complexity index is 4270. The molecule has 3 aromatic heterocycles. The molecule has 0 aliphatic rings. The predicted octanol–water partition coefficient (Wildman–Crippen LogP) is 17.9. The normalized spacial score (nSPS) is 11.5. The number of nitrogens with zero attached hydrogens (tertiary/aromatic N) is 6. The van der Waals surface area contributed by atoms with Crippen molar-refractivity contribution in [1.82, 2.24) is 24.1 Å². The van der Waals surface area contributed by atoms with Crippen LogP contribution in [0.4, 0.5) is 17.1 Å². The standard InChI is InChI=1S/C69H46N6/c1-7-19-47(20-8-1)51-31-39-63-59(43-51)60-45-53(33-40-64(60)74(63)58-37-35-57(36-38-58)73(55-27-15-5-16-28-55)56-29-17-6-18-30-56)54-34-42-66-62(46-54)61-44-52(48-21-9-2-10-22-48)32-41-65(61)75(66)69-71-67(49-23-11-3-12-24-49)70-68(72-69)50-25-13-4-14-26-50/h1-46H. The second-order valence-electron chi connectivity index (χ2n) is 18.9. The lowest BCUT2D eigenvalue weighted by atomic mass is 9.98. The van der Waals surface area contributed by atoms with Gasteiger partial charge in [0.05, 0.1) is 22.1 Å². The Labute approximate surface area is 434 Å². The monoisotopic (exact) mass is 958 g/mol. The van der Waals surface area contributed by atoms with E-state index in [-0.39, 0.29) is 0 Å². The Morgan fingerprint density at radius 1 is 0.240 bits per heavy atom. The first kappa shape index (κ1) is 43.6. The number of anilines is 3. The molecule has 0 N–H and O–H groups in total. The first-order chi connectivity index (χ1) is 37.2. The molecular formula is C69H46N6. The number of fused-ring (bicyclic) bond motifs is 6. The van der Waals surface area contributed by atoms with Gasteiger partial charge in [-0.2, -0.15) is 9.97 Å². The van der Waals surface area contributed by atoms with Crippen molar-refractivity contribution in [2.24, 2.45) is 0 Å². The third-order valence-corrected chi connectivity index (χ3v) is 14.4. The van der Waals surface area contributed by atoms with Gasteiger partial charge in [-0.1, -0.05) is 182 Å². The van der Waals surface area contributed by atoms with Gasteiger partial charge in [-0.3, -0.25) is 4.57 Å². The Kier molecular flexibility index (Phi) is 10.7. The second-order valence-corrected chi connectivity index (χ2v) is 18.9. The highest BCUT2D eigenvalue weighted by molar-refractivity contribution is 6.14. The third kappa shape index (κ3) is 7.89. The largest absolute Gasteiger partial charge is 0.311 e. The lowest BCUT2D eigenvalue weighted by Gasteiger charge is -2.25. The number of para-hydroxylation sites is 2. The van der Waals surface area contributed by atoms with Crippen molar-refractivity contribution in [3.8, 4) is 67.8 Å². The van der Waals surface area contributed by atoms with Crippen LogP contribution in [-0.2, 0) is 0 Å². The van der Waals surface area contributed by atoms with Crippen LogP contribution in [0, 0.1) is 0 Å². The van der Waals surface area contributed by atoms with Gasteiger partial charge in [0.25, 0.3) is 0 Å². The topological polar surface area (TPSA) is 51.8 Å². The minimum atomic E-state index is 0.562. The first-order valence-electron chi connectivity index (χ1n) is 25.3. The van der Waals surface area contributed by atoms with Crippen LogP contribution in [0.15, 0.2) is 279 Å². The molecule has 75 heavy (non-hydrogen) atoms. The molecule has 0 spiro atoms. The average molecular weight is 959 g/mol. The summed E-state index contributed by atoms with van der Waals surface area (Å²) in [6, 6.07) is 99.1. The number of hydrogen-bond donors (Lipinski definition) is 0. The zero-order valence-corrected chi connectivity index (χ0v) is 40.7. The van der Waals surface area contributed by atoms with Gasteiger partial charge in [0.2, 0.25) is 5.95 Å². The van der Waals surface area contributed by atoms with Crippen LogP contribution < -0.4 is 4.90 Å². The van der Waals surface area contributed by atoms with Crippen LogP contribution in [-0.4, -0.2) is 24.1 Å². The van der Waals surface area contributed by atoms with Gasteiger partial charge in [0, 0.05) is 55.4 Å². The van der Waals surface area contributed by atoms with Gasteiger partial charge in [-0.15, -0.1) is 0 Å². The van der Waals surface area contributed by atoms with Crippen LogP contribution in [0.1, 0.15) is 0 Å². The molecule has 6 nitrogen and oxygen atoms in total. The summed E-state index contributed by atoms with van der Waals surface area (Å²) in [6.45, 7) is 0. The summed E-state index contributed by atoms with van der Waals surface area (Å²) in [5, 5.41) is 4.59. The molecule has 0 amide bonds. The third-order valence-electron chi connectivity index (χ3n) is 14.4. The van der Waals surface area contributed by atoms with E-state index in [9.17, 15) is 0 Å². The van der Waals surface area contributed by atoms with Gasteiger partial charge < -0.3 is 9.47 Å². The summed E-state index contributed by atoms with van der Waals surface area (Å²) in [7, 11) is 0. The highest BCUT2D eigenvalue weighted by Crippen LogP contribution is 2.42. The highest BCUT2D eigenvalue weighted by Gasteiger charge is 2.21. The summed E-state index contributed by atoms with van der Waals surface area (Å²) in [5.74, 6) is 1.80. The first-order valence-corrected chi connectivity index (χ1v) is 25.3. The number of benzene rings is 11. The molecule has 0 saturated heterocycles. The lowest BCUT2D eigenvalue weighted by Crippen LogP contribution is -2.09. The molecule has 0 aliphatic heterocycles. The van der Waals surface area contributed by atoms with Crippen molar-refractivity contribution >= 4 is 60.7 Å². The molecule has 352 valence electrons. The summed E-state index contributed by atoms with van der Waals surface area (Å²) >= 11 is 0. The van der Waals surface area contributed by atoms with Crippen molar-refractivity contribution in [1.29, 1.82) is 0 Å². The van der Waals surface area contributed by atoms with Crippen molar-refractivity contribution < 1.29 is 0 Å². The molecule has 0 radical (unpaired) electrons. The maximum atomic E-state index is 5.23. The van der Waals surface area contributed by atoms with Gasteiger partial charge >= 0.3 is 0 Å². The van der Waals surface area contributed by atoms with Crippen LogP contribution in [0.25, 0.3) is 111 Å². The number of rotatable bonds is 10. The summed E-state index contributed by atoms with van der Waals surface area (Å²) < 4.78 is 4.61. The van der Waals surface area contributed by atoms with Gasteiger partial charge in [0.1, 0.15) is 0 Å². The van der Waals surface area contributed by atoms with E-state index in [1.807, 2.05) is 36.4 Å². The van der Waals surface area contributed by atoms with E-state index < -0.39 is 0 Å². The van der Waals surface area contributed by atoms with E-state index in [0.717, 1.165) is 89.0 Å². The van der Waals surface area contributed by atoms with Gasteiger partial charge in [-0.05, 0) is 130 Å². The van der Waals surface area contributed by atoms with E-state index in [1.165, 1.54) is 21.9 Å². The van der Waals surface area contributed by atoms with Gasteiger partial charge in [-0.25, -0.2) is 4.98 Å². The fraction of sp³-hybridized carbons (Fsp3) is 0. The molecule has 0 unspecified atom stereocenters. The Balaban J connectivity index is 0.945. The number of aromatic nitrogens is 5. The zero-order chi connectivity index (χ0) is 49.7. The molecule has 0 fully saturated rings. The molecule has 0 bridgehead atoms.